The molecular formula is C43H89NO7P+. The van der Waals surface area contributed by atoms with Crippen molar-refractivity contribution in [2.75, 3.05) is 54.1 Å². The monoisotopic (exact) mass is 763 g/mol. The van der Waals surface area contributed by atoms with Crippen LogP contribution in [0.25, 0.3) is 0 Å². The van der Waals surface area contributed by atoms with E-state index in [0.29, 0.717) is 24.1 Å². The van der Waals surface area contributed by atoms with E-state index in [2.05, 4.69) is 13.8 Å². The van der Waals surface area contributed by atoms with Crippen molar-refractivity contribution in [3.05, 3.63) is 0 Å². The van der Waals surface area contributed by atoms with E-state index in [1.165, 1.54) is 161 Å². The Bertz CT molecular complexity index is 807. The Morgan fingerprint density at radius 3 is 1.27 bits per heavy atom. The zero-order valence-electron chi connectivity index (χ0n) is 35.3. The minimum Gasteiger partial charge on any atom is -0.457 e. The van der Waals surface area contributed by atoms with E-state index in [-0.39, 0.29) is 25.8 Å². The van der Waals surface area contributed by atoms with E-state index in [0.717, 1.165) is 32.1 Å². The molecule has 1 N–H and O–H groups in total. The molecule has 0 rings (SSSR count). The molecule has 0 amide bonds. The SMILES string of the molecule is CCCCCCCCCCCCCCCCCCCCCCCCOCC(COP(=O)(O)OCC[N+](C)(C)C)OC(=O)CCCCCCCCCC. The van der Waals surface area contributed by atoms with Gasteiger partial charge in [-0.2, -0.15) is 0 Å². The molecular weight excluding hydrogens is 673 g/mol. The number of quaternary nitrogens is 1. The average molecular weight is 763 g/mol. The first-order valence-corrected chi connectivity index (χ1v) is 23.8. The quantitative estimate of drug-likeness (QED) is 0.0286. The summed E-state index contributed by atoms with van der Waals surface area (Å²) in [7, 11) is 1.68. The number of likely N-dealkylation sites (N-methyl/N-ethyl adjacent to an activating group) is 1. The number of esters is 1. The Morgan fingerprint density at radius 2 is 0.885 bits per heavy atom. The summed E-state index contributed by atoms with van der Waals surface area (Å²) in [6.45, 7) is 5.64. The van der Waals surface area contributed by atoms with Crippen molar-refractivity contribution in [2.24, 2.45) is 0 Å². The van der Waals surface area contributed by atoms with Crippen LogP contribution in [0, 0.1) is 0 Å². The fourth-order valence-corrected chi connectivity index (χ4v) is 7.18. The Morgan fingerprint density at radius 1 is 0.519 bits per heavy atom. The van der Waals surface area contributed by atoms with Gasteiger partial charge in [0.2, 0.25) is 0 Å². The molecule has 0 heterocycles. The molecule has 0 aromatic carbocycles. The first-order valence-electron chi connectivity index (χ1n) is 22.3. The van der Waals surface area contributed by atoms with Crippen molar-refractivity contribution in [2.45, 2.75) is 219 Å². The number of hydrogen-bond donors (Lipinski definition) is 1. The van der Waals surface area contributed by atoms with Gasteiger partial charge < -0.3 is 18.9 Å². The number of rotatable bonds is 42. The van der Waals surface area contributed by atoms with Crippen LogP contribution in [0.15, 0.2) is 0 Å². The van der Waals surface area contributed by atoms with Crippen LogP contribution in [-0.2, 0) is 27.9 Å². The lowest BCUT2D eigenvalue weighted by atomic mass is 10.0. The Labute approximate surface area is 323 Å². The van der Waals surface area contributed by atoms with Gasteiger partial charge in [-0.1, -0.05) is 194 Å². The van der Waals surface area contributed by atoms with Gasteiger partial charge in [-0.05, 0) is 12.8 Å². The summed E-state index contributed by atoms with van der Waals surface area (Å²) in [5.41, 5.74) is 0. The first kappa shape index (κ1) is 51.5. The van der Waals surface area contributed by atoms with Gasteiger partial charge in [-0.3, -0.25) is 13.8 Å². The lowest BCUT2D eigenvalue weighted by Gasteiger charge is -2.24. The molecule has 0 aromatic rings. The lowest BCUT2D eigenvalue weighted by Crippen LogP contribution is -2.37. The van der Waals surface area contributed by atoms with E-state index >= 15 is 0 Å². The Kier molecular flexibility index (Phi) is 37.1. The predicted octanol–water partition coefficient (Wildman–Crippen LogP) is 12.9. The minimum absolute atomic E-state index is 0.0934. The number of phosphoric acid groups is 1. The summed E-state index contributed by atoms with van der Waals surface area (Å²) < 4.78 is 34.9. The zero-order valence-corrected chi connectivity index (χ0v) is 36.2. The molecule has 2 atom stereocenters. The van der Waals surface area contributed by atoms with Crippen LogP contribution >= 0.6 is 7.82 Å². The molecule has 0 aliphatic carbocycles. The Balaban J connectivity index is 3.99. The third kappa shape index (κ3) is 40.7. The number of nitrogens with zero attached hydrogens (tertiary/aromatic N) is 1. The van der Waals surface area contributed by atoms with Crippen molar-refractivity contribution in [3.63, 3.8) is 0 Å². The molecule has 2 unspecified atom stereocenters. The average Bonchev–Trinajstić information content (AvgIpc) is 3.09. The van der Waals surface area contributed by atoms with E-state index in [9.17, 15) is 14.3 Å². The molecule has 0 saturated carbocycles. The number of unbranched alkanes of at least 4 members (excludes halogenated alkanes) is 28. The Hall–Kier alpha value is -0.500. The van der Waals surface area contributed by atoms with Crippen molar-refractivity contribution in [3.8, 4) is 0 Å². The molecule has 0 aliphatic rings. The van der Waals surface area contributed by atoms with E-state index in [1.54, 1.807) is 0 Å². The zero-order chi connectivity index (χ0) is 38.4. The minimum atomic E-state index is -4.26. The van der Waals surface area contributed by atoms with Gasteiger partial charge in [0.15, 0.2) is 0 Å². The van der Waals surface area contributed by atoms with Gasteiger partial charge in [-0.15, -0.1) is 0 Å². The molecule has 0 radical (unpaired) electrons. The highest BCUT2D eigenvalue weighted by atomic mass is 31.2. The fraction of sp³-hybridized carbons (Fsp3) is 0.977. The van der Waals surface area contributed by atoms with Crippen LogP contribution in [0.1, 0.15) is 213 Å². The third-order valence-electron chi connectivity index (χ3n) is 9.92. The van der Waals surface area contributed by atoms with E-state index in [1.807, 2.05) is 21.1 Å². The standard InChI is InChI=1S/C43H88NO7P/c1-6-8-10-12-14-16-17-18-19-20-21-22-23-24-25-26-27-28-29-31-33-35-38-48-40-42(41-50-52(46,47)49-39-37-44(3,4)5)51-43(45)36-34-32-30-15-13-11-9-7-2/h42H,6-41H2,1-5H3/p+1. The second-order valence-electron chi connectivity index (χ2n) is 16.4. The molecule has 0 saturated heterocycles. The van der Waals surface area contributed by atoms with Crippen LogP contribution in [0.2, 0.25) is 0 Å². The molecule has 0 aromatic heterocycles. The summed E-state index contributed by atoms with van der Waals surface area (Å²) >= 11 is 0. The summed E-state index contributed by atoms with van der Waals surface area (Å²) in [6, 6.07) is 0. The maximum atomic E-state index is 12.6. The van der Waals surface area contributed by atoms with Crippen molar-refractivity contribution < 1.29 is 37.3 Å². The van der Waals surface area contributed by atoms with Gasteiger partial charge in [-0.25, -0.2) is 4.57 Å². The van der Waals surface area contributed by atoms with Crippen LogP contribution in [0.5, 0.6) is 0 Å². The number of carbonyl (C=O) groups is 1. The second-order valence-corrected chi connectivity index (χ2v) is 17.9. The van der Waals surface area contributed by atoms with Crippen LogP contribution in [0.4, 0.5) is 0 Å². The highest BCUT2D eigenvalue weighted by molar-refractivity contribution is 7.47. The van der Waals surface area contributed by atoms with Crippen molar-refractivity contribution >= 4 is 13.8 Å². The maximum Gasteiger partial charge on any atom is 0.472 e. The fourth-order valence-electron chi connectivity index (χ4n) is 6.44. The van der Waals surface area contributed by atoms with Crippen molar-refractivity contribution in [1.82, 2.24) is 0 Å². The largest absolute Gasteiger partial charge is 0.472 e. The molecule has 0 fully saturated rings. The van der Waals surface area contributed by atoms with Gasteiger partial charge >= 0.3 is 13.8 Å². The molecule has 8 nitrogen and oxygen atoms in total. The first-order chi connectivity index (χ1) is 25.1. The highest BCUT2D eigenvalue weighted by Gasteiger charge is 2.26. The van der Waals surface area contributed by atoms with Crippen LogP contribution in [0.3, 0.4) is 0 Å². The highest BCUT2D eigenvalue weighted by Crippen LogP contribution is 2.43. The summed E-state index contributed by atoms with van der Waals surface area (Å²) in [4.78, 5) is 22.7. The molecule has 0 bridgehead atoms. The molecule has 312 valence electrons. The summed E-state index contributed by atoms with van der Waals surface area (Å²) in [6.07, 6.45) is 38.7. The topological polar surface area (TPSA) is 91.3 Å². The van der Waals surface area contributed by atoms with E-state index < -0.39 is 13.9 Å². The summed E-state index contributed by atoms with van der Waals surface area (Å²) in [5.74, 6) is -0.314. The smallest absolute Gasteiger partial charge is 0.457 e. The third-order valence-corrected chi connectivity index (χ3v) is 10.9. The molecule has 0 aliphatic heterocycles. The number of ether oxygens (including phenoxy) is 2. The van der Waals surface area contributed by atoms with Crippen molar-refractivity contribution in [1.29, 1.82) is 0 Å². The maximum absolute atomic E-state index is 12.6. The summed E-state index contributed by atoms with van der Waals surface area (Å²) in [5, 5.41) is 0. The van der Waals surface area contributed by atoms with E-state index in [4.69, 9.17) is 18.5 Å². The molecule has 0 spiro atoms. The van der Waals surface area contributed by atoms with Gasteiger partial charge in [0.1, 0.15) is 19.3 Å². The number of phosphoric ester groups is 1. The molecule has 52 heavy (non-hydrogen) atoms. The van der Waals surface area contributed by atoms with Gasteiger partial charge in [0.25, 0.3) is 0 Å². The van der Waals surface area contributed by atoms with Gasteiger partial charge in [0.05, 0.1) is 34.4 Å². The predicted molar refractivity (Wildman–Crippen MR) is 220 cm³/mol. The van der Waals surface area contributed by atoms with Crippen LogP contribution < -0.4 is 0 Å². The lowest BCUT2D eigenvalue weighted by molar-refractivity contribution is -0.870. The number of carbonyl (C=O) groups excluding carboxylic acids is 1. The molecule has 9 heteroatoms. The van der Waals surface area contributed by atoms with Crippen LogP contribution in [-0.4, -0.2) is 75.6 Å². The van der Waals surface area contributed by atoms with Gasteiger partial charge in [0, 0.05) is 13.0 Å². The normalized spacial score (nSPS) is 13.7. The number of hydrogen-bond acceptors (Lipinski definition) is 6. The second kappa shape index (κ2) is 37.4.